The molecule has 0 aromatic heterocycles. The van der Waals surface area contributed by atoms with E-state index in [4.69, 9.17) is 8.85 Å². The van der Waals surface area contributed by atoms with Gasteiger partial charge in [0, 0.05) is 0 Å². The molecule has 0 fully saturated rings. The molecule has 40 heavy (non-hydrogen) atoms. The molecule has 2 nitrogen and oxygen atoms in total. The molecule has 4 aromatic carbocycles. The fraction of sp³-hybridized carbons (Fsp3) is 0.278. The second-order valence-corrected chi connectivity index (χ2v) is 20.9. The number of hydrogen-bond acceptors (Lipinski definition) is 2. The lowest BCUT2D eigenvalue weighted by Gasteiger charge is -2.42. The van der Waals surface area contributed by atoms with Crippen LogP contribution in [0.25, 0.3) is 0 Å². The molecule has 0 saturated carbocycles. The first-order chi connectivity index (χ1) is 19.1. The number of rotatable bonds is 8. The summed E-state index contributed by atoms with van der Waals surface area (Å²) in [5, 5.41) is 4.89. The van der Waals surface area contributed by atoms with Gasteiger partial charge in [-0.15, -0.1) is 0 Å². The van der Waals surface area contributed by atoms with Gasteiger partial charge in [0.25, 0.3) is 16.6 Å². The van der Waals surface area contributed by atoms with E-state index in [9.17, 15) is 0 Å². The van der Waals surface area contributed by atoms with Crippen LogP contribution in [0.1, 0.15) is 41.5 Å². The summed E-state index contributed by atoms with van der Waals surface area (Å²) in [5.41, 5.74) is 0. The van der Waals surface area contributed by atoms with Crippen LogP contribution in [0.2, 0.25) is 10.1 Å². The molecule has 0 spiro atoms. The van der Waals surface area contributed by atoms with Crippen LogP contribution in [-0.4, -0.2) is 29.8 Å². The topological polar surface area (TPSA) is 18.5 Å². The average Bonchev–Trinajstić information content (AvgIpc) is 2.95. The maximum Gasteiger partial charge on any atom is 0.262 e. The van der Waals surface area contributed by atoms with Gasteiger partial charge in [-0.1, -0.05) is 175 Å². The van der Waals surface area contributed by atoms with E-state index in [1.54, 1.807) is 0 Å². The minimum absolute atomic E-state index is 0.0805. The maximum atomic E-state index is 6.96. The Balaban J connectivity index is 1.63. The molecule has 4 heteroatoms. The largest absolute Gasteiger partial charge is 0.396 e. The molecule has 0 radical (unpaired) electrons. The fourth-order valence-electron chi connectivity index (χ4n) is 5.91. The van der Waals surface area contributed by atoms with Crippen molar-refractivity contribution in [2.75, 3.05) is 13.2 Å². The molecule has 0 atom stereocenters. The normalized spacial score (nSPS) is 12.4. The van der Waals surface area contributed by atoms with Crippen LogP contribution in [0, 0.1) is 11.8 Å². The molecule has 4 aromatic rings. The molecule has 206 valence electrons. The van der Waals surface area contributed by atoms with Gasteiger partial charge in [-0.3, -0.25) is 0 Å². The van der Waals surface area contributed by atoms with Crippen LogP contribution in [0.15, 0.2) is 121 Å². The van der Waals surface area contributed by atoms with E-state index in [2.05, 4.69) is 175 Å². The summed E-state index contributed by atoms with van der Waals surface area (Å²) in [6.07, 6.45) is 0. The third-order valence-electron chi connectivity index (χ3n) is 7.68. The quantitative estimate of drug-likeness (QED) is 0.190. The van der Waals surface area contributed by atoms with Gasteiger partial charge in [-0.05, 0) is 30.8 Å². The Morgan fingerprint density at radius 1 is 0.425 bits per heavy atom. The Morgan fingerprint density at radius 3 is 0.850 bits per heavy atom. The molecule has 0 aliphatic heterocycles. The zero-order chi connectivity index (χ0) is 28.7. The number of hydrogen-bond donors (Lipinski definition) is 0. The number of benzene rings is 4. The highest BCUT2D eigenvalue weighted by atomic mass is 28.4. The Kier molecular flexibility index (Phi) is 9.33. The van der Waals surface area contributed by atoms with Crippen molar-refractivity contribution in [3.05, 3.63) is 121 Å². The van der Waals surface area contributed by atoms with E-state index in [1.165, 1.54) is 20.7 Å². The van der Waals surface area contributed by atoms with Gasteiger partial charge in [-0.2, -0.15) is 0 Å². The summed E-state index contributed by atoms with van der Waals surface area (Å²) in [4.78, 5) is 0. The highest BCUT2D eigenvalue weighted by Crippen LogP contribution is 2.37. The molecule has 0 bridgehead atoms. The second kappa shape index (κ2) is 12.5. The summed E-state index contributed by atoms with van der Waals surface area (Å²) >= 11 is 0. The van der Waals surface area contributed by atoms with Crippen molar-refractivity contribution in [3.63, 3.8) is 0 Å². The molecule has 0 aliphatic rings. The van der Waals surface area contributed by atoms with E-state index in [-0.39, 0.29) is 10.1 Å². The molecule has 0 heterocycles. The molecule has 0 N–H and O–H groups in total. The van der Waals surface area contributed by atoms with E-state index in [0.29, 0.717) is 13.2 Å². The third kappa shape index (κ3) is 5.94. The van der Waals surface area contributed by atoms with E-state index < -0.39 is 16.6 Å². The molecule has 4 rings (SSSR count). The Hall–Kier alpha value is -3.21. The highest BCUT2D eigenvalue weighted by molar-refractivity contribution is 7.00. The molecule has 0 amide bonds. The van der Waals surface area contributed by atoms with E-state index in [0.717, 1.165) is 0 Å². The predicted molar refractivity (Wildman–Crippen MR) is 175 cm³/mol. The predicted octanol–water partition coefficient (Wildman–Crippen LogP) is 6.14. The van der Waals surface area contributed by atoms with Crippen LogP contribution in [0.4, 0.5) is 0 Å². The van der Waals surface area contributed by atoms with Crippen molar-refractivity contribution < 1.29 is 8.85 Å². The zero-order valence-corrected chi connectivity index (χ0v) is 26.8. The van der Waals surface area contributed by atoms with Crippen molar-refractivity contribution in [1.29, 1.82) is 0 Å². The molecule has 0 saturated heterocycles. The molecule has 0 aliphatic carbocycles. The lowest BCUT2D eigenvalue weighted by molar-refractivity contribution is 0.339. The van der Waals surface area contributed by atoms with Crippen molar-refractivity contribution in [3.8, 4) is 11.8 Å². The first kappa shape index (κ1) is 29.8. The highest BCUT2D eigenvalue weighted by Gasteiger charge is 2.51. The minimum atomic E-state index is -2.62. The maximum absolute atomic E-state index is 6.96. The summed E-state index contributed by atoms with van der Waals surface area (Å²) in [6, 6.07) is 42.8. The van der Waals surface area contributed by atoms with Gasteiger partial charge < -0.3 is 8.85 Å². The standard InChI is InChI=1S/C36H42O2Si2/c1-35(2,3)39(31-21-11-7-12-22-31,32-23-13-8-14-24-32)37-29-19-20-30-38-40(36(4,5)6,33-25-15-9-16-26-33)34-27-17-10-18-28-34/h7-18,21-28H,29-30H2,1-6H3. The average molecular weight is 563 g/mol. The summed E-state index contributed by atoms with van der Waals surface area (Å²) in [6.45, 7) is 14.5. The van der Waals surface area contributed by atoms with Crippen molar-refractivity contribution in [2.45, 2.75) is 51.6 Å². The van der Waals surface area contributed by atoms with Gasteiger partial charge in [0.05, 0.1) is 13.2 Å². The summed E-state index contributed by atoms with van der Waals surface area (Å²) < 4.78 is 13.9. The van der Waals surface area contributed by atoms with Gasteiger partial charge in [-0.25, -0.2) is 0 Å². The fourth-order valence-corrected chi connectivity index (χ4v) is 14.8. The van der Waals surface area contributed by atoms with Crippen LogP contribution in [0.3, 0.4) is 0 Å². The van der Waals surface area contributed by atoms with Gasteiger partial charge in [0.15, 0.2) is 0 Å². The minimum Gasteiger partial charge on any atom is -0.396 e. The van der Waals surface area contributed by atoms with Crippen molar-refractivity contribution in [1.82, 2.24) is 0 Å². The monoisotopic (exact) mass is 562 g/mol. The molecular formula is C36H42O2Si2. The Bertz CT molecular complexity index is 1210. The SMILES string of the molecule is CC(C)(C)[Si](OCC#CCO[Si](c1ccccc1)(c1ccccc1)C(C)(C)C)(c1ccccc1)c1ccccc1. The Labute approximate surface area is 243 Å². The summed E-state index contributed by atoms with van der Waals surface area (Å²) in [7, 11) is -5.23. The third-order valence-corrected chi connectivity index (χ3v) is 17.6. The van der Waals surface area contributed by atoms with Crippen molar-refractivity contribution in [2.24, 2.45) is 0 Å². The van der Waals surface area contributed by atoms with E-state index >= 15 is 0 Å². The first-order valence-corrected chi connectivity index (χ1v) is 17.9. The second-order valence-electron chi connectivity index (χ2n) is 12.3. The van der Waals surface area contributed by atoms with Gasteiger partial charge >= 0.3 is 0 Å². The van der Waals surface area contributed by atoms with E-state index in [1.807, 2.05) is 0 Å². The van der Waals surface area contributed by atoms with Gasteiger partial charge in [0.1, 0.15) is 0 Å². The first-order valence-electron chi connectivity index (χ1n) is 14.1. The zero-order valence-electron chi connectivity index (χ0n) is 24.8. The summed E-state index contributed by atoms with van der Waals surface area (Å²) in [5.74, 6) is 6.68. The molecule has 0 unspecified atom stereocenters. The molecular weight excluding hydrogens is 521 g/mol. The smallest absolute Gasteiger partial charge is 0.262 e. The Morgan fingerprint density at radius 2 is 0.650 bits per heavy atom. The van der Waals surface area contributed by atoms with Crippen LogP contribution >= 0.6 is 0 Å². The van der Waals surface area contributed by atoms with Crippen LogP contribution in [-0.2, 0) is 8.85 Å². The van der Waals surface area contributed by atoms with Gasteiger partial charge in [0.2, 0.25) is 0 Å². The van der Waals surface area contributed by atoms with Crippen LogP contribution in [0.5, 0.6) is 0 Å². The lowest BCUT2D eigenvalue weighted by atomic mass is 10.2. The van der Waals surface area contributed by atoms with Crippen LogP contribution < -0.4 is 20.7 Å². The lowest BCUT2D eigenvalue weighted by Crippen LogP contribution is -2.66. The van der Waals surface area contributed by atoms with Crippen molar-refractivity contribution >= 4 is 37.4 Å².